The number of nitrogens with zero attached hydrogens (tertiary/aromatic N) is 3. The quantitative estimate of drug-likeness (QED) is 0.676. The van der Waals surface area contributed by atoms with Crippen molar-refractivity contribution in [2.75, 3.05) is 24.7 Å². The van der Waals surface area contributed by atoms with Crippen molar-refractivity contribution >= 4 is 11.8 Å². The van der Waals surface area contributed by atoms with E-state index in [2.05, 4.69) is 4.98 Å². The molecule has 62 valence electrons. The third-order valence-corrected chi connectivity index (χ3v) is 1.58. The van der Waals surface area contributed by atoms with Crippen LogP contribution in [0.3, 0.4) is 0 Å². The van der Waals surface area contributed by atoms with Crippen LogP contribution in [0.2, 0.25) is 0 Å². The second-order valence-corrected chi connectivity index (χ2v) is 2.62. The number of nitrogens with two attached hydrogens (primary N) is 1. The van der Waals surface area contributed by atoms with Gasteiger partial charge in [-0.15, -0.1) is 0 Å². The van der Waals surface area contributed by atoms with Crippen LogP contribution in [0.5, 0.6) is 0 Å². The molecule has 0 aliphatic carbocycles. The summed E-state index contributed by atoms with van der Waals surface area (Å²) in [6.45, 7) is 2.91. The van der Waals surface area contributed by atoms with Crippen molar-refractivity contribution in [3.05, 3.63) is 6.20 Å². The number of nitrogen functional groups attached to an aromatic ring is 1. The minimum absolute atomic E-state index is 0.719. The SMILES string of the molecule is CCn1c(N)cnc1N(C)C. The maximum Gasteiger partial charge on any atom is 0.206 e. The molecule has 0 bridgehead atoms. The molecule has 0 aliphatic rings. The zero-order chi connectivity index (χ0) is 8.43. The first-order valence-corrected chi connectivity index (χ1v) is 3.65. The first kappa shape index (κ1) is 7.91. The van der Waals surface area contributed by atoms with Crippen LogP contribution in [-0.4, -0.2) is 23.6 Å². The molecule has 1 rings (SSSR count). The first-order chi connectivity index (χ1) is 5.16. The highest BCUT2D eigenvalue weighted by molar-refractivity contribution is 5.40. The summed E-state index contributed by atoms with van der Waals surface area (Å²) in [6, 6.07) is 0. The van der Waals surface area contributed by atoms with Gasteiger partial charge in [0, 0.05) is 20.6 Å². The van der Waals surface area contributed by atoms with Crippen LogP contribution in [0.1, 0.15) is 6.92 Å². The molecule has 0 aliphatic heterocycles. The minimum Gasteiger partial charge on any atom is -0.384 e. The van der Waals surface area contributed by atoms with Gasteiger partial charge in [0.25, 0.3) is 0 Å². The van der Waals surface area contributed by atoms with Crippen molar-refractivity contribution in [3.8, 4) is 0 Å². The smallest absolute Gasteiger partial charge is 0.206 e. The van der Waals surface area contributed by atoms with Gasteiger partial charge in [-0.2, -0.15) is 0 Å². The fourth-order valence-corrected chi connectivity index (χ4v) is 1.06. The summed E-state index contributed by atoms with van der Waals surface area (Å²) in [5.41, 5.74) is 5.66. The number of imidazole rings is 1. The van der Waals surface area contributed by atoms with Gasteiger partial charge in [0.1, 0.15) is 5.82 Å². The molecule has 0 atom stereocenters. The fraction of sp³-hybridized carbons (Fsp3) is 0.571. The Morgan fingerprint density at radius 1 is 1.64 bits per heavy atom. The molecule has 2 N–H and O–H groups in total. The lowest BCUT2D eigenvalue weighted by molar-refractivity contribution is 0.756. The van der Waals surface area contributed by atoms with Crippen LogP contribution in [0.4, 0.5) is 11.8 Å². The largest absolute Gasteiger partial charge is 0.384 e. The molecule has 0 fully saturated rings. The lowest BCUT2D eigenvalue weighted by Gasteiger charge is -2.13. The van der Waals surface area contributed by atoms with Gasteiger partial charge in [0.15, 0.2) is 0 Å². The summed E-state index contributed by atoms with van der Waals surface area (Å²) in [5.74, 6) is 1.63. The van der Waals surface area contributed by atoms with Crippen molar-refractivity contribution < 1.29 is 0 Å². The van der Waals surface area contributed by atoms with Gasteiger partial charge in [-0.05, 0) is 6.92 Å². The molecule has 0 radical (unpaired) electrons. The molecular weight excluding hydrogens is 140 g/mol. The lowest BCUT2D eigenvalue weighted by atomic mass is 10.6. The molecule has 0 saturated heterocycles. The van der Waals surface area contributed by atoms with E-state index in [0.717, 1.165) is 18.3 Å². The maximum absolute atomic E-state index is 5.66. The second kappa shape index (κ2) is 2.82. The Labute approximate surface area is 66.6 Å². The minimum atomic E-state index is 0.719. The molecule has 1 aromatic rings. The topological polar surface area (TPSA) is 47.1 Å². The van der Waals surface area contributed by atoms with Crippen LogP contribution in [-0.2, 0) is 6.54 Å². The molecule has 0 saturated carbocycles. The van der Waals surface area contributed by atoms with Crippen LogP contribution in [0, 0.1) is 0 Å². The van der Waals surface area contributed by atoms with E-state index in [1.165, 1.54) is 0 Å². The van der Waals surface area contributed by atoms with Gasteiger partial charge in [0.2, 0.25) is 5.95 Å². The Morgan fingerprint density at radius 3 is 2.64 bits per heavy atom. The summed E-state index contributed by atoms with van der Waals surface area (Å²) in [7, 11) is 3.90. The first-order valence-electron chi connectivity index (χ1n) is 3.65. The Hall–Kier alpha value is -1.19. The Morgan fingerprint density at radius 2 is 2.27 bits per heavy atom. The van der Waals surface area contributed by atoms with Crippen molar-refractivity contribution in [1.29, 1.82) is 0 Å². The molecule has 11 heavy (non-hydrogen) atoms. The van der Waals surface area contributed by atoms with Crippen LogP contribution in [0.15, 0.2) is 6.20 Å². The molecule has 1 aromatic heterocycles. The van der Waals surface area contributed by atoms with Crippen molar-refractivity contribution in [3.63, 3.8) is 0 Å². The molecule has 1 heterocycles. The van der Waals surface area contributed by atoms with E-state index < -0.39 is 0 Å². The maximum atomic E-state index is 5.66. The van der Waals surface area contributed by atoms with E-state index in [-0.39, 0.29) is 0 Å². The van der Waals surface area contributed by atoms with E-state index in [9.17, 15) is 0 Å². The number of rotatable bonds is 2. The highest BCUT2D eigenvalue weighted by atomic mass is 15.3. The van der Waals surface area contributed by atoms with Gasteiger partial charge in [0.05, 0.1) is 6.20 Å². The third kappa shape index (κ3) is 1.29. The average Bonchev–Trinajstić information content (AvgIpc) is 2.30. The second-order valence-electron chi connectivity index (χ2n) is 2.62. The van der Waals surface area contributed by atoms with Gasteiger partial charge in [-0.3, -0.25) is 4.57 Å². The molecule has 4 nitrogen and oxygen atoms in total. The van der Waals surface area contributed by atoms with Gasteiger partial charge < -0.3 is 10.6 Å². The van der Waals surface area contributed by atoms with Crippen LogP contribution >= 0.6 is 0 Å². The monoisotopic (exact) mass is 154 g/mol. The molecule has 0 aromatic carbocycles. The number of aromatic nitrogens is 2. The summed E-state index contributed by atoms with van der Waals surface area (Å²) in [4.78, 5) is 6.09. The highest BCUT2D eigenvalue weighted by Gasteiger charge is 2.05. The third-order valence-electron chi connectivity index (χ3n) is 1.58. The van der Waals surface area contributed by atoms with E-state index in [4.69, 9.17) is 5.73 Å². The van der Waals surface area contributed by atoms with E-state index in [1.807, 2.05) is 30.5 Å². The molecule has 0 unspecified atom stereocenters. The van der Waals surface area contributed by atoms with Gasteiger partial charge in [-0.25, -0.2) is 4.98 Å². The van der Waals surface area contributed by atoms with Crippen LogP contribution < -0.4 is 10.6 Å². The summed E-state index contributed by atoms with van der Waals surface area (Å²) in [5, 5.41) is 0. The average molecular weight is 154 g/mol. The Bertz CT molecular complexity index is 239. The van der Waals surface area contributed by atoms with Crippen LogP contribution in [0.25, 0.3) is 0 Å². The van der Waals surface area contributed by atoms with Gasteiger partial charge in [-0.1, -0.05) is 0 Å². The van der Waals surface area contributed by atoms with E-state index in [0.29, 0.717) is 0 Å². The Kier molecular flexibility index (Phi) is 2.03. The van der Waals surface area contributed by atoms with E-state index in [1.54, 1.807) is 6.20 Å². The summed E-state index contributed by atoms with van der Waals surface area (Å²) < 4.78 is 1.96. The van der Waals surface area contributed by atoms with Crippen molar-refractivity contribution in [2.24, 2.45) is 0 Å². The molecule has 0 spiro atoms. The van der Waals surface area contributed by atoms with E-state index >= 15 is 0 Å². The zero-order valence-corrected chi connectivity index (χ0v) is 7.20. The molecule has 4 heteroatoms. The molecule has 0 amide bonds. The Balaban J connectivity index is 3.05. The molecular formula is C7H14N4. The number of anilines is 2. The van der Waals surface area contributed by atoms with Gasteiger partial charge >= 0.3 is 0 Å². The summed E-state index contributed by atoms with van der Waals surface area (Å²) in [6.07, 6.45) is 1.68. The predicted octanol–water partition coefficient (Wildman–Crippen LogP) is 0.551. The lowest BCUT2D eigenvalue weighted by Crippen LogP contribution is -2.15. The predicted molar refractivity (Wildman–Crippen MR) is 46.6 cm³/mol. The number of hydrogen-bond acceptors (Lipinski definition) is 3. The summed E-state index contributed by atoms with van der Waals surface area (Å²) >= 11 is 0. The number of hydrogen-bond donors (Lipinski definition) is 1. The zero-order valence-electron chi connectivity index (χ0n) is 7.20. The standard InChI is InChI=1S/C7H14N4/c1-4-11-6(8)5-9-7(11)10(2)3/h5H,4,8H2,1-3H3. The highest BCUT2D eigenvalue weighted by Crippen LogP contribution is 2.13. The fourth-order valence-electron chi connectivity index (χ4n) is 1.06. The normalized spacial score (nSPS) is 10.1. The van der Waals surface area contributed by atoms with Crippen molar-refractivity contribution in [2.45, 2.75) is 13.5 Å². The van der Waals surface area contributed by atoms with Crippen molar-refractivity contribution in [1.82, 2.24) is 9.55 Å².